The Labute approximate surface area is 122 Å². The molecular weight excluding hydrogens is 268 g/mol. The van der Waals surface area contributed by atoms with Crippen molar-refractivity contribution in [3.63, 3.8) is 0 Å². The number of benzene rings is 2. The fraction of sp³-hybridized carbons (Fsp3) is 0.125. The zero-order valence-electron chi connectivity index (χ0n) is 11.2. The second-order valence-corrected chi connectivity index (χ2v) is 4.17. The van der Waals surface area contributed by atoms with Gasteiger partial charge in [0, 0.05) is 0 Å². The molecule has 0 bridgehead atoms. The van der Waals surface area contributed by atoms with Gasteiger partial charge in [-0.05, 0) is 35.4 Å². The first kappa shape index (κ1) is 14.4. The van der Waals surface area contributed by atoms with Gasteiger partial charge in [-0.1, -0.05) is 24.3 Å². The summed E-state index contributed by atoms with van der Waals surface area (Å²) in [5.74, 6) is 1.02. The standard InChI is InChI=1S/C16H12N2O3/c17-11-20-15-5-1-13(2-6-15)9-19-10-14-3-7-16(8-4-14)21-12-18/h1-8H,9-10H2. The average Bonchev–Trinajstić information content (AvgIpc) is 2.51. The van der Waals surface area contributed by atoms with Crippen LogP contribution in [0.2, 0.25) is 0 Å². The number of nitriles is 2. The van der Waals surface area contributed by atoms with Crippen molar-refractivity contribution in [3.8, 4) is 24.0 Å². The van der Waals surface area contributed by atoms with Crippen molar-refractivity contribution in [2.24, 2.45) is 0 Å². The van der Waals surface area contributed by atoms with Crippen molar-refractivity contribution in [2.45, 2.75) is 13.2 Å². The van der Waals surface area contributed by atoms with Gasteiger partial charge in [0.15, 0.2) is 0 Å². The maximum absolute atomic E-state index is 8.39. The van der Waals surface area contributed by atoms with Crippen LogP contribution in [0, 0.1) is 23.0 Å². The summed E-state index contributed by atoms with van der Waals surface area (Å²) in [6.07, 6.45) is 3.24. The van der Waals surface area contributed by atoms with E-state index in [0.29, 0.717) is 24.7 Å². The smallest absolute Gasteiger partial charge is 0.292 e. The van der Waals surface area contributed by atoms with Gasteiger partial charge >= 0.3 is 0 Å². The fourth-order valence-electron chi connectivity index (χ4n) is 1.70. The lowest BCUT2D eigenvalue weighted by Crippen LogP contribution is -1.94. The van der Waals surface area contributed by atoms with E-state index in [0.717, 1.165) is 11.1 Å². The van der Waals surface area contributed by atoms with Gasteiger partial charge < -0.3 is 14.2 Å². The summed E-state index contributed by atoms with van der Waals surface area (Å²) in [7, 11) is 0. The fourth-order valence-corrected chi connectivity index (χ4v) is 1.70. The van der Waals surface area contributed by atoms with Gasteiger partial charge in [-0.2, -0.15) is 0 Å². The highest BCUT2D eigenvalue weighted by Gasteiger charge is 1.98. The van der Waals surface area contributed by atoms with Crippen LogP contribution in [-0.4, -0.2) is 0 Å². The van der Waals surface area contributed by atoms with E-state index >= 15 is 0 Å². The highest BCUT2D eigenvalue weighted by molar-refractivity contribution is 5.28. The van der Waals surface area contributed by atoms with Gasteiger partial charge in [0.2, 0.25) is 0 Å². The van der Waals surface area contributed by atoms with Gasteiger partial charge in [-0.3, -0.25) is 0 Å². The quantitative estimate of drug-likeness (QED) is 0.760. The molecule has 0 saturated carbocycles. The Morgan fingerprint density at radius 1 is 0.667 bits per heavy atom. The summed E-state index contributed by atoms with van der Waals surface area (Å²) in [6.45, 7) is 0.923. The van der Waals surface area contributed by atoms with Crippen molar-refractivity contribution in [1.29, 1.82) is 10.5 Å². The molecule has 0 atom stereocenters. The van der Waals surface area contributed by atoms with E-state index in [2.05, 4.69) is 0 Å². The zero-order valence-corrected chi connectivity index (χ0v) is 11.2. The molecule has 0 unspecified atom stereocenters. The molecule has 5 nitrogen and oxygen atoms in total. The van der Waals surface area contributed by atoms with Gasteiger partial charge in [-0.25, -0.2) is 0 Å². The molecule has 2 aromatic rings. The Morgan fingerprint density at radius 3 is 1.38 bits per heavy atom. The molecule has 0 saturated heterocycles. The van der Waals surface area contributed by atoms with E-state index in [1.807, 2.05) is 24.3 Å². The Bertz CT molecular complexity index is 592. The first-order valence-corrected chi connectivity index (χ1v) is 6.19. The van der Waals surface area contributed by atoms with Crippen LogP contribution in [-0.2, 0) is 18.0 Å². The summed E-state index contributed by atoms with van der Waals surface area (Å²) in [4.78, 5) is 0. The van der Waals surface area contributed by atoms with E-state index in [1.165, 1.54) is 0 Å². The van der Waals surface area contributed by atoms with Gasteiger partial charge in [0.05, 0.1) is 13.2 Å². The topological polar surface area (TPSA) is 75.3 Å². The minimum atomic E-state index is 0.462. The molecule has 0 aliphatic rings. The van der Waals surface area contributed by atoms with E-state index < -0.39 is 0 Å². The molecule has 0 spiro atoms. The molecule has 104 valence electrons. The average molecular weight is 280 g/mol. The number of ether oxygens (including phenoxy) is 3. The van der Waals surface area contributed by atoms with Crippen LogP contribution in [0.4, 0.5) is 0 Å². The molecule has 0 N–H and O–H groups in total. The summed E-state index contributed by atoms with van der Waals surface area (Å²) in [6, 6.07) is 14.2. The maximum atomic E-state index is 8.39. The van der Waals surface area contributed by atoms with E-state index in [1.54, 1.807) is 36.8 Å². The highest BCUT2D eigenvalue weighted by Crippen LogP contribution is 2.15. The molecule has 0 aliphatic heterocycles. The van der Waals surface area contributed by atoms with Crippen LogP contribution < -0.4 is 9.47 Å². The van der Waals surface area contributed by atoms with Crippen LogP contribution in [0.15, 0.2) is 48.5 Å². The Hall–Kier alpha value is -3.02. The maximum Gasteiger partial charge on any atom is 0.292 e. The minimum absolute atomic E-state index is 0.462. The van der Waals surface area contributed by atoms with Crippen molar-refractivity contribution in [3.05, 3.63) is 59.7 Å². The van der Waals surface area contributed by atoms with Gasteiger partial charge in [0.25, 0.3) is 12.5 Å². The van der Waals surface area contributed by atoms with Crippen LogP contribution in [0.5, 0.6) is 11.5 Å². The molecule has 0 heterocycles. The van der Waals surface area contributed by atoms with Gasteiger partial charge in [0.1, 0.15) is 11.5 Å². The largest absolute Gasteiger partial charge is 0.388 e. The van der Waals surface area contributed by atoms with Gasteiger partial charge in [-0.15, -0.1) is 10.5 Å². The molecule has 2 aromatic carbocycles. The molecule has 0 amide bonds. The molecule has 5 heteroatoms. The third-order valence-electron chi connectivity index (χ3n) is 2.71. The third kappa shape index (κ3) is 4.54. The lowest BCUT2D eigenvalue weighted by molar-refractivity contribution is 0.107. The van der Waals surface area contributed by atoms with E-state index in [-0.39, 0.29) is 0 Å². The van der Waals surface area contributed by atoms with E-state index in [4.69, 9.17) is 24.7 Å². The summed E-state index contributed by atoms with van der Waals surface area (Å²) < 4.78 is 15.0. The summed E-state index contributed by atoms with van der Waals surface area (Å²) in [5, 5.41) is 16.8. The van der Waals surface area contributed by atoms with Crippen molar-refractivity contribution in [2.75, 3.05) is 0 Å². The molecule has 0 radical (unpaired) electrons. The Morgan fingerprint density at radius 2 is 1.05 bits per heavy atom. The molecule has 0 aromatic heterocycles. The predicted octanol–water partition coefficient (Wildman–Crippen LogP) is 3.12. The number of hydrogen-bond donors (Lipinski definition) is 0. The van der Waals surface area contributed by atoms with Crippen LogP contribution in [0.1, 0.15) is 11.1 Å². The lowest BCUT2D eigenvalue weighted by Gasteiger charge is -2.05. The van der Waals surface area contributed by atoms with Crippen molar-refractivity contribution >= 4 is 0 Å². The second kappa shape index (κ2) is 7.54. The molecule has 0 fully saturated rings. The number of rotatable bonds is 6. The molecular formula is C16H12N2O3. The Balaban J connectivity index is 1.81. The zero-order chi connectivity index (χ0) is 14.9. The highest BCUT2D eigenvalue weighted by atomic mass is 16.5. The number of hydrogen-bond acceptors (Lipinski definition) is 5. The van der Waals surface area contributed by atoms with Crippen LogP contribution in [0.25, 0.3) is 0 Å². The van der Waals surface area contributed by atoms with Crippen LogP contribution in [0.3, 0.4) is 0 Å². The SMILES string of the molecule is N#COc1ccc(COCc2ccc(OC#N)cc2)cc1. The third-order valence-corrected chi connectivity index (χ3v) is 2.71. The monoisotopic (exact) mass is 280 g/mol. The van der Waals surface area contributed by atoms with Crippen molar-refractivity contribution < 1.29 is 14.2 Å². The lowest BCUT2D eigenvalue weighted by atomic mass is 10.2. The number of nitrogens with zero attached hydrogens (tertiary/aromatic N) is 2. The first-order chi connectivity index (χ1) is 10.3. The summed E-state index contributed by atoms with van der Waals surface area (Å²) >= 11 is 0. The van der Waals surface area contributed by atoms with Crippen molar-refractivity contribution in [1.82, 2.24) is 0 Å². The van der Waals surface area contributed by atoms with E-state index in [9.17, 15) is 0 Å². The normalized spacial score (nSPS) is 9.43. The summed E-state index contributed by atoms with van der Waals surface area (Å²) in [5.41, 5.74) is 1.98. The molecule has 2 rings (SSSR count). The first-order valence-electron chi connectivity index (χ1n) is 6.19. The minimum Gasteiger partial charge on any atom is -0.388 e. The molecule has 21 heavy (non-hydrogen) atoms. The van der Waals surface area contributed by atoms with Crippen LogP contribution >= 0.6 is 0 Å². The predicted molar refractivity (Wildman–Crippen MR) is 73.9 cm³/mol. The second-order valence-electron chi connectivity index (χ2n) is 4.17. The molecule has 0 aliphatic carbocycles. The Kier molecular flexibility index (Phi) is 5.17.